The highest BCUT2D eigenvalue weighted by molar-refractivity contribution is 9.09. The minimum absolute atomic E-state index is 0.696. The molecule has 0 spiro atoms. The molecule has 0 aromatic rings. The van der Waals surface area contributed by atoms with Gasteiger partial charge in [0.05, 0.1) is 0 Å². The zero-order valence-corrected chi connectivity index (χ0v) is 9.73. The molecule has 2 aliphatic rings. The summed E-state index contributed by atoms with van der Waals surface area (Å²) in [5.74, 6) is 3.13. The number of fused-ring (bicyclic) bond motifs is 1. The highest BCUT2D eigenvalue weighted by Crippen LogP contribution is 2.62. The maximum absolute atomic E-state index is 3.71. The molecule has 70 valence electrons. The van der Waals surface area contributed by atoms with Gasteiger partial charge in [0.15, 0.2) is 0 Å². The highest BCUT2D eigenvalue weighted by Gasteiger charge is 2.52. The third-order valence-corrected chi connectivity index (χ3v) is 4.77. The number of hydrogen-bond acceptors (Lipinski definition) is 0. The second-order valence-electron chi connectivity index (χ2n) is 5.40. The Morgan fingerprint density at radius 3 is 2.33 bits per heavy atom. The van der Waals surface area contributed by atoms with E-state index in [0.717, 1.165) is 17.8 Å². The first-order chi connectivity index (χ1) is 5.65. The summed E-state index contributed by atoms with van der Waals surface area (Å²) in [7, 11) is 0. The number of hydrogen-bond donors (Lipinski definition) is 0. The molecule has 0 amide bonds. The normalized spacial score (nSPS) is 45.0. The van der Waals surface area contributed by atoms with Crippen LogP contribution in [-0.4, -0.2) is 5.33 Å². The van der Waals surface area contributed by atoms with Crippen molar-refractivity contribution in [2.45, 2.75) is 39.5 Å². The van der Waals surface area contributed by atoms with Gasteiger partial charge in [-0.15, -0.1) is 0 Å². The van der Waals surface area contributed by atoms with E-state index in [1.807, 2.05) is 0 Å². The van der Waals surface area contributed by atoms with Gasteiger partial charge in [0.25, 0.3) is 0 Å². The Balaban J connectivity index is 1.96. The van der Waals surface area contributed by atoms with Crippen LogP contribution in [0.4, 0.5) is 0 Å². The Bertz CT molecular complexity index is 164. The van der Waals surface area contributed by atoms with Crippen molar-refractivity contribution in [3.8, 4) is 0 Å². The van der Waals surface area contributed by atoms with E-state index in [4.69, 9.17) is 0 Å². The van der Waals surface area contributed by atoms with Crippen molar-refractivity contribution >= 4 is 15.9 Å². The fourth-order valence-corrected chi connectivity index (χ4v) is 3.89. The lowest BCUT2D eigenvalue weighted by molar-refractivity contribution is 0.247. The standard InChI is InChI=1S/C11H19Br/c1-8(2)4-11(7-12)5-9-3-10(9)6-11/h8-10H,3-7H2,1-2H3. The summed E-state index contributed by atoms with van der Waals surface area (Å²) >= 11 is 3.71. The van der Waals surface area contributed by atoms with E-state index in [1.165, 1.54) is 24.6 Å². The fourth-order valence-electron chi connectivity index (χ4n) is 3.20. The van der Waals surface area contributed by atoms with E-state index in [-0.39, 0.29) is 0 Å². The minimum Gasteiger partial charge on any atom is -0.0922 e. The Hall–Kier alpha value is 0.480. The van der Waals surface area contributed by atoms with Crippen molar-refractivity contribution in [2.75, 3.05) is 5.33 Å². The lowest BCUT2D eigenvalue weighted by Gasteiger charge is -2.30. The molecule has 0 nitrogen and oxygen atoms in total. The van der Waals surface area contributed by atoms with Crippen LogP contribution in [0.15, 0.2) is 0 Å². The monoisotopic (exact) mass is 230 g/mol. The van der Waals surface area contributed by atoms with Gasteiger partial charge in [0, 0.05) is 5.33 Å². The molecular weight excluding hydrogens is 212 g/mol. The molecule has 0 aliphatic heterocycles. The molecule has 0 bridgehead atoms. The molecule has 2 rings (SSSR count). The van der Waals surface area contributed by atoms with Crippen molar-refractivity contribution in [3.05, 3.63) is 0 Å². The molecule has 2 aliphatic carbocycles. The minimum atomic E-state index is 0.696. The number of alkyl halides is 1. The third kappa shape index (κ3) is 1.57. The maximum atomic E-state index is 3.71. The molecule has 0 heterocycles. The maximum Gasteiger partial charge on any atom is 0.00882 e. The summed E-state index contributed by atoms with van der Waals surface area (Å²) in [6.45, 7) is 4.71. The summed E-state index contributed by atoms with van der Waals surface area (Å²) in [5, 5.41) is 1.24. The van der Waals surface area contributed by atoms with Gasteiger partial charge in [-0.1, -0.05) is 29.8 Å². The summed E-state index contributed by atoms with van der Waals surface area (Å²) in [6.07, 6.45) is 6.01. The Morgan fingerprint density at radius 1 is 1.33 bits per heavy atom. The van der Waals surface area contributed by atoms with Crippen LogP contribution >= 0.6 is 15.9 Å². The molecule has 0 radical (unpaired) electrons. The van der Waals surface area contributed by atoms with E-state index in [1.54, 1.807) is 6.42 Å². The molecule has 2 saturated carbocycles. The van der Waals surface area contributed by atoms with E-state index >= 15 is 0 Å². The van der Waals surface area contributed by atoms with Crippen molar-refractivity contribution in [1.82, 2.24) is 0 Å². The predicted octanol–water partition coefficient (Wildman–Crippen LogP) is 3.84. The zero-order chi connectivity index (χ0) is 8.77. The summed E-state index contributed by atoms with van der Waals surface area (Å²) in [5.41, 5.74) is 0.696. The van der Waals surface area contributed by atoms with Crippen LogP contribution in [-0.2, 0) is 0 Å². The molecule has 2 fully saturated rings. The van der Waals surface area contributed by atoms with Crippen LogP contribution in [0.1, 0.15) is 39.5 Å². The van der Waals surface area contributed by atoms with E-state index in [9.17, 15) is 0 Å². The second-order valence-corrected chi connectivity index (χ2v) is 5.96. The van der Waals surface area contributed by atoms with Gasteiger partial charge in [-0.25, -0.2) is 0 Å². The topological polar surface area (TPSA) is 0 Å². The van der Waals surface area contributed by atoms with Crippen LogP contribution in [0.2, 0.25) is 0 Å². The summed E-state index contributed by atoms with van der Waals surface area (Å²) in [4.78, 5) is 0. The van der Waals surface area contributed by atoms with Gasteiger partial charge < -0.3 is 0 Å². The van der Waals surface area contributed by atoms with E-state index in [2.05, 4.69) is 29.8 Å². The summed E-state index contributed by atoms with van der Waals surface area (Å²) < 4.78 is 0. The Morgan fingerprint density at radius 2 is 1.92 bits per heavy atom. The first-order valence-corrected chi connectivity index (χ1v) is 6.33. The van der Waals surface area contributed by atoms with Gasteiger partial charge in [0.2, 0.25) is 0 Å². The van der Waals surface area contributed by atoms with Gasteiger partial charge >= 0.3 is 0 Å². The largest absolute Gasteiger partial charge is 0.0922 e. The van der Waals surface area contributed by atoms with Crippen LogP contribution in [0.3, 0.4) is 0 Å². The molecule has 0 aromatic carbocycles. The van der Waals surface area contributed by atoms with Gasteiger partial charge in [-0.3, -0.25) is 0 Å². The first kappa shape index (κ1) is 9.05. The number of rotatable bonds is 3. The molecule has 0 aromatic heterocycles. The van der Waals surface area contributed by atoms with Crippen molar-refractivity contribution in [3.63, 3.8) is 0 Å². The summed E-state index contributed by atoms with van der Waals surface area (Å²) in [6, 6.07) is 0. The first-order valence-electron chi connectivity index (χ1n) is 5.21. The molecule has 0 N–H and O–H groups in total. The van der Waals surface area contributed by atoms with Crippen molar-refractivity contribution in [1.29, 1.82) is 0 Å². The average molecular weight is 231 g/mol. The van der Waals surface area contributed by atoms with E-state index < -0.39 is 0 Å². The quantitative estimate of drug-likeness (QED) is 0.647. The second kappa shape index (κ2) is 3.01. The van der Waals surface area contributed by atoms with Crippen molar-refractivity contribution in [2.24, 2.45) is 23.2 Å². The number of halogens is 1. The van der Waals surface area contributed by atoms with Crippen LogP contribution < -0.4 is 0 Å². The van der Waals surface area contributed by atoms with Gasteiger partial charge in [-0.05, 0) is 48.9 Å². The lowest BCUT2D eigenvalue weighted by atomic mass is 9.78. The predicted molar refractivity (Wildman–Crippen MR) is 56.5 cm³/mol. The molecule has 12 heavy (non-hydrogen) atoms. The smallest absolute Gasteiger partial charge is 0.00882 e. The third-order valence-electron chi connectivity index (χ3n) is 3.58. The Kier molecular flexibility index (Phi) is 2.27. The lowest BCUT2D eigenvalue weighted by Crippen LogP contribution is -2.22. The van der Waals surface area contributed by atoms with Crippen LogP contribution in [0.5, 0.6) is 0 Å². The highest BCUT2D eigenvalue weighted by atomic mass is 79.9. The molecule has 1 heteroatoms. The van der Waals surface area contributed by atoms with Crippen molar-refractivity contribution < 1.29 is 0 Å². The molecule has 2 atom stereocenters. The Labute approximate surface area is 84.2 Å². The van der Waals surface area contributed by atoms with E-state index in [0.29, 0.717) is 5.41 Å². The average Bonchev–Trinajstić information content (AvgIpc) is 2.59. The van der Waals surface area contributed by atoms with Crippen LogP contribution in [0, 0.1) is 23.2 Å². The van der Waals surface area contributed by atoms with Gasteiger partial charge in [-0.2, -0.15) is 0 Å². The van der Waals surface area contributed by atoms with Gasteiger partial charge in [0.1, 0.15) is 0 Å². The van der Waals surface area contributed by atoms with Crippen LogP contribution in [0.25, 0.3) is 0 Å². The molecule has 0 saturated heterocycles. The zero-order valence-electron chi connectivity index (χ0n) is 8.15. The molecule has 2 unspecified atom stereocenters. The molecular formula is C11H19Br. The SMILES string of the molecule is CC(C)CC1(CBr)CC2CC2C1. The fraction of sp³-hybridized carbons (Fsp3) is 1.00.